The molecule has 0 aromatic heterocycles. The van der Waals surface area contributed by atoms with E-state index in [1.165, 1.54) is 0 Å². The first-order valence-corrected chi connectivity index (χ1v) is 4.17. The molecule has 0 aromatic rings. The standard InChI is InChI=1S/C8H11FO3/c9-6-5-8(2-1-7(6)10)11-3-4-12-8/h6H,1-5H2/t6-/m0/s1. The topological polar surface area (TPSA) is 35.5 Å². The lowest BCUT2D eigenvalue weighted by molar-refractivity contribution is -0.190. The van der Waals surface area contributed by atoms with Gasteiger partial charge in [-0.2, -0.15) is 0 Å². The minimum absolute atomic E-state index is 0.0752. The second-order valence-corrected chi connectivity index (χ2v) is 3.25. The first kappa shape index (κ1) is 8.13. The molecule has 0 amide bonds. The number of alkyl halides is 1. The lowest BCUT2D eigenvalue weighted by Gasteiger charge is -2.32. The maximum atomic E-state index is 13.0. The fraction of sp³-hybridized carbons (Fsp3) is 0.875. The number of ether oxygens (including phenoxy) is 2. The number of rotatable bonds is 0. The van der Waals surface area contributed by atoms with Crippen LogP contribution in [0.25, 0.3) is 0 Å². The van der Waals surface area contributed by atoms with E-state index >= 15 is 0 Å². The molecule has 1 heterocycles. The van der Waals surface area contributed by atoms with Crippen molar-refractivity contribution in [2.24, 2.45) is 0 Å². The summed E-state index contributed by atoms with van der Waals surface area (Å²) >= 11 is 0. The molecule has 1 atom stereocenters. The maximum Gasteiger partial charge on any atom is 0.172 e. The molecule has 1 aliphatic heterocycles. The van der Waals surface area contributed by atoms with Gasteiger partial charge in [0, 0.05) is 19.3 Å². The van der Waals surface area contributed by atoms with Crippen LogP contribution in [0.1, 0.15) is 19.3 Å². The lowest BCUT2D eigenvalue weighted by Crippen LogP contribution is -2.41. The Morgan fingerprint density at radius 2 is 2.08 bits per heavy atom. The van der Waals surface area contributed by atoms with Crippen LogP contribution in [0.3, 0.4) is 0 Å². The average molecular weight is 174 g/mol. The third kappa shape index (κ3) is 1.25. The molecule has 2 rings (SSSR count). The van der Waals surface area contributed by atoms with Gasteiger partial charge in [-0.1, -0.05) is 0 Å². The van der Waals surface area contributed by atoms with Crippen molar-refractivity contribution in [2.45, 2.75) is 31.2 Å². The van der Waals surface area contributed by atoms with E-state index in [2.05, 4.69) is 0 Å². The van der Waals surface area contributed by atoms with E-state index in [0.29, 0.717) is 19.6 Å². The molecule has 1 aliphatic carbocycles. The molecular weight excluding hydrogens is 163 g/mol. The summed E-state index contributed by atoms with van der Waals surface area (Å²) in [6.07, 6.45) is -0.573. The van der Waals surface area contributed by atoms with Gasteiger partial charge >= 0.3 is 0 Å². The van der Waals surface area contributed by atoms with Gasteiger partial charge in [0.25, 0.3) is 0 Å². The molecule has 1 saturated carbocycles. The van der Waals surface area contributed by atoms with Crippen molar-refractivity contribution in [1.29, 1.82) is 0 Å². The van der Waals surface area contributed by atoms with E-state index in [0.717, 1.165) is 0 Å². The Morgan fingerprint density at radius 1 is 1.42 bits per heavy atom. The van der Waals surface area contributed by atoms with Gasteiger partial charge in [-0.05, 0) is 0 Å². The number of Topliss-reactive ketones (excluding diaryl/α,β-unsaturated/α-hetero) is 1. The van der Waals surface area contributed by atoms with Crippen LogP contribution in [0.2, 0.25) is 0 Å². The molecule has 0 N–H and O–H groups in total. The van der Waals surface area contributed by atoms with Crippen molar-refractivity contribution in [3.05, 3.63) is 0 Å². The molecule has 2 aliphatic rings. The molecule has 4 heteroatoms. The molecule has 1 saturated heterocycles. The Labute approximate surface area is 69.8 Å². The highest BCUT2D eigenvalue weighted by Gasteiger charge is 2.44. The zero-order valence-electron chi connectivity index (χ0n) is 6.72. The van der Waals surface area contributed by atoms with Crippen LogP contribution >= 0.6 is 0 Å². The first-order chi connectivity index (χ1) is 5.72. The van der Waals surface area contributed by atoms with Crippen LogP contribution in [-0.4, -0.2) is 31.0 Å². The van der Waals surface area contributed by atoms with Crippen LogP contribution in [0.5, 0.6) is 0 Å². The van der Waals surface area contributed by atoms with Crippen LogP contribution in [0.15, 0.2) is 0 Å². The van der Waals surface area contributed by atoms with E-state index in [1.54, 1.807) is 0 Å². The minimum atomic E-state index is -1.39. The molecule has 68 valence electrons. The van der Waals surface area contributed by atoms with E-state index in [9.17, 15) is 9.18 Å². The fourth-order valence-corrected chi connectivity index (χ4v) is 1.72. The maximum absolute atomic E-state index is 13.0. The van der Waals surface area contributed by atoms with Gasteiger partial charge in [-0.25, -0.2) is 4.39 Å². The molecule has 1 spiro atoms. The van der Waals surface area contributed by atoms with E-state index < -0.39 is 12.0 Å². The fourth-order valence-electron chi connectivity index (χ4n) is 1.72. The zero-order valence-corrected chi connectivity index (χ0v) is 6.72. The van der Waals surface area contributed by atoms with Crippen molar-refractivity contribution in [1.82, 2.24) is 0 Å². The van der Waals surface area contributed by atoms with Crippen molar-refractivity contribution in [3.8, 4) is 0 Å². The Balaban J connectivity index is 2.05. The smallest absolute Gasteiger partial charge is 0.172 e. The van der Waals surface area contributed by atoms with Crippen LogP contribution in [0.4, 0.5) is 4.39 Å². The molecular formula is C8H11FO3. The van der Waals surface area contributed by atoms with Gasteiger partial charge in [-0.15, -0.1) is 0 Å². The van der Waals surface area contributed by atoms with Crippen molar-refractivity contribution in [2.75, 3.05) is 13.2 Å². The summed E-state index contributed by atoms with van der Waals surface area (Å²) in [7, 11) is 0. The number of hydrogen-bond donors (Lipinski definition) is 0. The van der Waals surface area contributed by atoms with Crippen LogP contribution in [0, 0.1) is 0 Å². The van der Waals surface area contributed by atoms with Crippen molar-refractivity contribution < 1.29 is 18.7 Å². The molecule has 12 heavy (non-hydrogen) atoms. The number of ketones is 1. The van der Waals surface area contributed by atoms with E-state index in [1.807, 2.05) is 0 Å². The quantitative estimate of drug-likeness (QED) is 0.545. The molecule has 3 nitrogen and oxygen atoms in total. The van der Waals surface area contributed by atoms with E-state index in [-0.39, 0.29) is 18.6 Å². The summed E-state index contributed by atoms with van der Waals surface area (Å²) < 4.78 is 23.5. The normalized spacial score (nSPS) is 34.4. The Morgan fingerprint density at radius 3 is 2.67 bits per heavy atom. The van der Waals surface area contributed by atoms with Gasteiger partial charge in [-0.3, -0.25) is 4.79 Å². The molecule has 0 unspecified atom stereocenters. The Bertz CT molecular complexity index is 198. The molecule has 0 aromatic carbocycles. The molecule has 0 radical (unpaired) electrons. The summed E-state index contributed by atoms with van der Waals surface area (Å²) in [5.74, 6) is -1.09. The summed E-state index contributed by atoms with van der Waals surface area (Å²) in [5, 5.41) is 0. The summed E-state index contributed by atoms with van der Waals surface area (Å²) in [5.41, 5.74) is 0. The number of halogens is 1. The van der Waals surface area contributed by atoms with Crippen molar-refractivity contribution >= 4 is 5.78 Å². The predicted octanol–water partition coefficient (Wildman–Crippen LogP) is 0.821. The lowest BCUT2D eigenvalue weighted by atomic mass is 9.91. The predicted molar refractivity (Wildman–Crippen MR) is 38.4 cm³/mol. The van der Waals surface area contributed by atoms with Crippen LogP contribution < -0.4 is 0 Å². The van der Waals surface area contributed by atoms with Crippen LogP contribution in [-0.2, 0) is 14.3 Å². The van der Waals surface area contributed by atoms with Gasteiger partial charge in [0.1, 0.15) is 0 Å². The van der Waals surface area contributed by atoms with Crippen molar-refractivity contribution in [3.63, 3.8) is 0 Å². The Kier molecular flexibility index (Phi) is 1.88. The SMILES string of the molecule is O=C1CCC2(C[C@@H]1F)OCCO2. The second-order valence-electron chi connectivity index (χ2n) is 3.25. The van der Waals surface area contributed by atoms with Gasteiger partial charge in [0.15, 0.2) is 17.7 Å². The molecule has 0 bridgehead atoms. The summed E-state index contributed by atoms with van der Waals surface area (Å²) in [6, 6.07) is 0. The highest BCUT2D eigenvalue weighted by Crippen LogP contribution is 2.35. The second kappa shape index (κ2) is 2.78. The monoisotopic (exact) mass is 174 g/mol. The number of carbonyl (C=O) groups excluding carboxylic acids is 1. The highest BCUT2D eigenvalue weighted by molar-refractivity contribution is 5.83. The largest absolute Gasteiger partial charge is 0.347 e. The number of carbonyl (C=O) groups is 1. The number of hydrogen-bond acceptors (Lipinski definition) is 3. The third-order valence-electron chi connectivity index (χ3n) is 2.41. The zero-order chi connectivity index (χ0) is 8.60. The Hall–Kier alpha value is -0.480. The van der Waals surface area contributed by atoms with E-state index in [4.69, 9.17) is 9.47 Å². The average Bonchev–Trinajstić information content (AvgIpc) is 2.47. The summed E-state index contributed by atoms with van der Waals surface area (Å²) in [4.78, 5) is 10.8. The summed E-state index contributed by atoms with van der Waals surface area (Å²) in [6.45, 7) is 1.03. The van der Waals surface area contributed by atoms with Gasteiger partial charge in [0.05, 0.1) is 13.2 Å². The first-order valence-electron chi connectivity index (χ1n) is 4.17. The minimum Gasteiger partial charge on any atom is -0.347 e. The third-order valence-corrected chi connectivity index (χ3v) is 2.41. The van der Waals surface area contributed by atoms with Gasteiger partial charge in [0.2, 0.25) is 0 Å². The van der Waals surface area contributed by atoms with Gasteiger partial charge < -0.3 is 9.47 Å². The molecule has 2 fully saturated rings. The highest BCUT2D eigenvalue weighted by atomic mass is 19.1.